The molecule has 0 amide bonds. The lowest BCUT2D eigenvalue weighted by Gasteiger charge is -2.45. The molecule has 12 heteroatoms. The molecule has 5 atom stereocenters. The van der Waals surface area contributed by atoms with Crippen LogP contribution in [0.4, 0.5) is 5.82 Å². The smallest absolute Gasteiger partial charge is 0.347 e. The number of nitrogens with two attached hydrogens (primary N) is 1. The highest BCUT2D eigenvalue weighted by Crippen LogP contribution is 2.57. The van der Waals surface area contributed by atoms with Gasteiger partial charge in [0.15, 0.2) is 0 Å². The van der Waals surface area contributed by atoms with Crippen LogP contribution in [0.2, 0.25) is 0 Å². The molecule has 286 valence electrons. The van der Waals surface area contributed by atoms with E-state index in [-0.39, 0.29) is 50.1 Å². The number of rotatable bonds is 15. The first-order valence-corrected chi connectivity index (χ1v) is 19.7. The molecule has 3 N–H and O–H groups in total. The molecule has 1 aromatic heterocycles. The molecule has 54 heavy (non-hydrogen) atoms. The summed E-state index contributed by atoms with van der Waals surface area (Å²) in [5.41, 5.74) is 9.75. The van der Waals surface area contributed by atoms with E-state index in [4.69, 9.17) is 29.0 Å². The molecule has 2 aliphatic rings. The van der Waals surface area contributed by atoms with Crippen molar-refractivity contribution in [2.45, 2.75) is 90.4 Å². The molecule has 2 bridgehead atoms. The number of benzene rings is 3. The highest BCUT2D eigenvalue weighted by molar-refractivity contribution is 7.44. The molecule has 6 rings (SSSR count). The van der Waals surface area contributed by atoms with Crippen LogP contribution in [0.5, 0.6) is 0 Å². The molecule has 11 nitrogen and oxygen atoms in total. The minimum atomic E-state index is -1.69. The van der Waals surface area contributed by atoms with Crippen LogP contribution in [0.1, 0.15) is 79.3 Å². The molecule has 2 aliphatic heterocycles. The minimum absolute atomic E-state index is 0.0515. The Labute approximate surface area is 319 Å². The van der Waals surface area contributed by atoms with E-state index in [0.29, 0.717) is 17.9 Å². The topological polar surface area (TPSA) is 145 Å². The molecule has 2 fully saturated rings. The lowest BCUT2D eigenvalue weighted by molar-refractivity contribution is -0.180. The summed E-state index contributed by atoms with van der Waals surface area (Å²) in [7, 11) is -1.69. The number of nitrogens with zero attached hydrogens (tertiary/aromatic N) is 3. The molecule has 0 saturated carbocycles. The Balaban J connectivity index is 1.51. The highest BCUT2D eigenvalue weighted by Gasteiger charge is 2.62. The van der Waals surface area contributed by atoms with Crippen LogP contribution in [0.3, 0.4) is 0 Å². The van der Waals surface area contributed by atoms with Gasteiger partial charge < -0.3 is 34.0 Å². The number of aromatic amines is 1. The zero-order valence-electron chi connectivity index (χ0n) is 32.2. The van der Waals surface area contributed by atoms with Gasteiger partial charge in [0, 0.05) is 23.6 Å². The molecule has 2 saturated heterocycles. The van der Waals surface area contributed by atoms with Gasteiger partial charge in [-0.15, -0.1) is 0 Å². The predicted molar refractivity (Wildman–Crippen MR) is 210 cm³/mol. The number of nitrogens with one attached hydrogen (secondary N) is 1. The summed E-state index contributed by atoms with van der Waals surface area (Å²) in [6.45, 7) is 15.1. The number of fused-ring (bicyclic) bond motifs is 2. The van der Waals surface area contributed by atoms with Gasteiger partial charge >= 0.3 is 5.69 Å². The summed E-state index contributed by atoms with van der Waals surface area (Å²) in [6.07, 6.45) is -1.04. The van der Waals surface area contributed by atoms with Crippen molar-refractivity contribution < 1.29 is 23.3 Å². The van der Waals surface area contributed by atoms with Crippen LogP contribution >= 0.6 is 8.53 Å². The van der Waals surface area contributed by atoms with Crippen molar-refractivity contribution in [1.29, 1.82) is 5.26 Å². The standard InChI is InChI=1S/C42H52N5O6P/c1-27(2)47(28(3)4)54(51-23-11-22-43)53-38-35-24-49-25-41(38,52-37(35)36-31(7)39(44)46-40(48)45-36)26-50-42(32-12-9-8-10-13-32,33-18-14-29(5)15-19-33)34-20-16-30(6)17-21-34/h8-10,12-21,27-28,35,37-38H,11,23-26H2,1-7H3,(H3,44,45,46,48)/t35?,37-,38+,41+,54?/m1/s1. The van der Waals surface area contributed by atoms with E-state index >= 15 is 0 Å². The van der Waals surface area contributed by atoms with Gasteiger partial charge in [-0.05, 0) is 65.2 Å². The zero-order valence-corrected chi connectivity index (χ0v) is 33.1. The molecule has 3 heterocycles. The summed E-state index contributed by atoms with van der Waals surface area (Å²) in [5.74, 6) is -0.244. The van der Waals surface area contributed by atoms with Crippen LogP contribution in [-0.2, 0) is 28.9 Å². The maximum absolute atomic E-state index is 12.8. The van der Waals surface area contributed by atoms with Crippen molar-refractivity contribution in [3.8, 4) is 6.07 Å². The van der Waals surface area contributed by atoms with E-state index in [2.05, 4.69) is 123 Å². The SMILES string of the molecule is Cc1ccc(C(OC[C@]23COCC([C@H](c4[nH]c(=O)nc(N)c4C)O2)[C@@H]3OP(OCCC#N)N(C(C)C)C(C)C)(c2ccccc2)c2ccc(C)cc2)cc1. The van der Waals surface area contributed by atoms with Gasteiger partial charge in [0.1, 0.15) is 29.2 Å². The number of nitriles is 1. The summed E-state index contributed by atoms with van der Waals surface area (Å²) >= 11 is 0. The molecule has 0 spiro atoms. The van der Waals surface area contributed by atoms with E-state index in [1.54, 1.807) is 0 Å². The summed E-state index contributed by atoms with van der Waals surface area (Å²) in [5, 5.41) is 9.41. The van der Waals surface area contributed by atoms with Crippen LogP contribution in [0.15, 0.2) is 83.7 Å². The second-order valence-electron chi connectivity index (χ2n) is 14.9. The number of hydrogen-bond acceptors (Lipinski definition) is 10. The Morgan fingerprint density at radius 2 is 1.57 bits per heavy atom. The third kappa shape index (κ3) is 7.89. The third-order valence-electron chi connectivity index (χ3n) is 10.3. The Morgan fingerprint density at radius 1 is 0.981 bits per heavy atom. The number of aromatic nitrogens is 2. The fraction of sp³-hybridized carbons (Fsp3) is 0.452. The monoisotopic (exact) mass is 753 g/mol. The van der Waals surface area contributed by atoms with Crippen LogP contribution in [0, 0.1) is 38.0 Å². The Hall–Kier alpha value is -3.98. The fourth-order valence-electron chi connectivity index (χ4n) is 7.69. The molecule has 3 aromatic carbocycles. The van der Waals surface area contributed by atoms with Crippen molar-refractivity contribution in [3.05, 3.63) is 128 Å². The maximum atomic E-state index is 12.8. The number of aryl methyl sites for hydroxylation is 2. The number of nitrogen functional groups attached to an aromatic ring is 1. The molecular weight excluding hydrogens is 701 g/mol. The largest absolute Gasteiger partial charge is 0.383 e. The van der Waals surface area contributed by atoms with E-state index in [0.717, 1.165) is 27.8 Å². The van der Waals surface area contributed by atoms with Gasteiger partial charge in [-0.3, -0.25) is 0 Å². The third-order valence-corrected chi connectivity index (χ3v) is 12.5. The van der Waals surface area contributed by atoms with Crippen LogP contribution in [0.25, 0.3) is 0 Å². The van der Waals surface area contributed by atoms with Gasteiger partial charge in [-0.25, -0.2) is 9.46 Å². The summed E-state index contributed by atoms with van der Waals surface area (Å²) < 4.78 is 36.9. The first kappa shape index (κ1) is 39.7. The average Bonchev–Trinajstić information content (AvgIpc) is 3.29. The van der Waals surface area contributed by atoms with Crippen LogP contribution in [-0.4, -0.2) is 64.9 Å². The lowest BCUT2D eigenvalue weighted by Crippen LogP contribution is -2.56. The first-order chi connectivity index (χ1) is 25.9. The van der Waals surface area contributed by atoms with Crippen molar-refractivity contribution in [2.75, 3.05) is 32.2 Å². The van der Waals surface area contributed by atoms with Gasteiger partial charge in [0.2, 0.25) is 0 Å². The van der Waals surface area contributed by atoms with Gasteiger partial charge in [0.25, 0.3) is 8.53 Å². The minimum Gasteiger partial charge on any atom is -0.383 e. The number of ether oxygens (including phenoxy) is 3. The molecule has 0 aliphatic carbocycles. The van der Waals surface area contributed by atoms with E-state index in [1.807, 2.05) is 25.1 Å². The molecule has 2 unspecified atom stereocenters. The van der Waals surface area contributed by atoms with Crippen LogP contribution < -0.4 is 11.4 Å². The molecule has 0 radical (unpaired) electrons. The second-order valence-corrected chi connectivity index (χ2v) is 16.3. The quantitative estimate of drug-likeness (QED) is 0.0716. The van der Waals surface area contributed by atoms with E-state index in [1.165, 1.54) is 0 Å². The van der Waals surface area contributed by atoms with E-state index in [9.17, 15) is 10.1 Å². The van der Waals surface area contributed by atoms with Crippen molar-refractivity contribution >= 4 is 14.3 Å². The van der Waals surface area contributed by atoms with Crippen molar-refractivity contribution in [2.24, 2.45) is 5.92 Å². The Bertz CT molecular complexity index is 1910. The highest BCUT2D eigenvalue weighted by atomic mass is 31.2. The van der Waals surface area contributed by atoms with E-state index < -0.39 is 37.6 Å². The molecular formula is C42H52N5O6P. The lowest BCUT2D eigenvalue weighted by atomic mass is 9.79. The van der Waals surface area contributed by atoms with Gasteiger partial charge in [0.05, 0.1) is 44.6 Å². The van der Waals surface area contributed by atoms with Gasteiger partial charge in [-0.2, -0.15) is 10.2 Å². The van der Waals surface area contributed by atoms with Crippen molar-refractivity contribution in [1.82, 2.24) is 14.6 Å². The van der Waals surface area contributed by atoms with Crippen molar-refractivity contribution in [3.63, 3.8) is 0 Å². The normalized spacial score (nSPS) is 21.8. The second kappa shape index (κ2) is 16.8. The van der Waals surface area contributed by atoms with Gasteiger partial charge in [-0.1, -0.05) is 90.0 Å². The number of H-pyrrole nitrogens is 1. The maximum Gasteiger partial charge on any atom is 0.347 e. The first-order valence-electron chi connectivity index (χ1n) is 18.6. The predicted octanol–water partition coefficient (Wildman–Crippen LogP) is 7.40. The number of hydrogen-bond donors (Lipinski definition) is 2. The number of anilines is 1. The Morgan fingerprint density at radius 3 is 2.15 bits per heavy atom. The molecule has 4 aromatic rings. The zero-order chi connectivity index (χ0) is 38.6. The fourth-order valence-corrected chi connectivity index (χ4v) is 9.54. The summed E-state index contributed by atoms with van der Waals surface area (Å²) in [4.78, 5) is 19.6. The average molecular weight is 754 g/mol. The Kier molecular flexibility index (Phi) is 12.4. The summed E-state index contributed by atoms with van der Waals surface area (Å²) in [6, 6.07) is 29.4.